The van der Waals surface area contributed by atoms with Crippen LogP contribution in [0.4, 0.5) is 5.69 Å². The van der Waals surface area contributed by atoms with Crippen LogP contribution in [0.2, 0.25) is 10.0 Å². The van der Waals surface area contributed by atoms with Crippen LogP contribution < -0.4 is 4.90 Å². The molecular formula is C21H20Cl2N2O. The molecule has 0 aromatic heterocycles. The average Bonchev–Trinajstić information content (AvgIpc) is 3.10. The summed E-state index contributed by atoms with van der Waals surface area (Å²) < 4.78 is 0. The van der Waals surface area contributed by atoms with E-state index < -0.39 is 5.72 Å². The normalized spacial score (nSPS) is 26.9. The molecule has 2 heterocycles. The number of hydrogen-bond acceptors (Lipinski definition) is 3. The van der Waals surface area contributed by atoms with E-state index in [0.29, 0.717) is 16.0 Å². The number of halogens is 2. The molecule has 26 heavy (non-hydrogen) atoms. The Kier molecular flexibility index (Phi) is 3.91. The van der Waals surface area contributed by atoms with Crippen LogP contribution >= 0.6 is 23.2 Å². The van der Waals surface area contributed by atoms with Gasteiger partial charge < -0.3 is 4.84 Å². The summed E-state index contributed by atoms with van der Waals surface area (Å²) in [4.78, 5) is 8.53. The predicted octanol–water partition coefficient (Wildman–Crippen LogP) is 6.34. The summed E-state index contributed by atoms with van der Waals surface area (Å²) >= 11 is 13.0. The van der Waals surface area contributed by atoms with Crippen LogP contribution in [0.1, 0.15) is 55.6 Å². The van der Waals surface area contributed by atoms with Gasteiger partial charge in [-0.3, -0.25) is 4.90 Å². The highest BCUT2D eigenvalue weighted by molar-refractivity contribution is 6.41. The summed E-state index contributed by atoms with van der Waals surface area (Å²) in [5.74, 6) is 1.05. The molecule has 1 fully saturated rings. The Bertz CT molecular complexity index is 877. The fourth-order valence-electron chi connectivity index (χ4n) is 4.81. The quantitative estimate of drug-likeness (QED) is 0.570. The minimum atomic E-state index is -0.443. The molecule has 134 valence electrons. The lowest BCUT2D eigenvalue weighted by atomic mass is 9.81. The molecular weight excluding hydrogens is 367 g/mol. The molecule has 0 saturated heterocycles. The molecule has 0 N–H and O–H groups in total. The van der Waals surface area contributed by atoms with Gasteiger partial charge in [-0.25, -0.2) is 0 Å². The number of benzene rings is 2. The number of hydrogen-bond donors (Lipinski definition) is 0. The first kappa shape index (κ1) is 16.5. The fourth-order valence-corrected chi connectivity index (χ4v) is 5.38. The van der Waals surface area contributed by atoms with E-state index in [0.717, 1.165) is 30.7 Å². The Labute approximate surface area is 163 Å². The minimum absolute atomic E-state index is 0.321. The van der Waals surface area contributed by atoms with E-state index >= 15 is 0 Å². The first-order valence-corrected chi connectivity index (χ1v) is 10.1. The summed E-state index contributed by atoms with van der Waals surface area (Å²) in [5, 5.41) is 5.73. The van der Waals surface area contributed by atoms with E-state index in [2.05, 4.69) is 34.3 Å². The van der Waals surface area contributed by atoms with Gasteiger partial charge in [-0.15, -0.1) is 0 Å². The maximum Gasteiger partial charge on any atom is 0.222 e. The predicted molar refractivity (Wildman–Crippen MR) is 106 cm³/mol. The highest BCUT2D eigenvalue weighted by atomic mass is 35.5. The largest absolute Gasteiger partial charge is 0.364 e. The monoisotopic (exact) mass is 386 g/mol. The van der Waals surface area contributed by atoms with Gasteiger partial charge in [0.25, 0.3) is 0 Å². The van der Waals surface area contributed by atoms with E-state index in [1.54, 1.807) is 0 Å². The van der Waals surface area contributed by atoms with E-state index in [4.69, 9.17) is 28.0 Å². The van der Waals surface area contributed by atoms with Gasteiger partial charge >= 0.3 is 0 Å². The third-order valence-corrected chi connectivity index (χ3v) is 6.57. The van der Waals surface area contributed by atoms with Gasteiger partial charge in [0.15, 0.2) is 5.84 Å². The van der Waals surface area contributed by atoms with Crippen LogP contribution in [0.5, 0.6) is 0 Å². The molecule has 1 saturated carbocycles. The van der Waals surface area contributed by atoms with Gasteiger partial charge in [-0.2, -0.15) is 0 Å². The van der Waals surface area contributed by atoms with Crippen molar-refractivity contribution in [2.75, 3.05) is 4.90 Å². The van der Waals surface area contributed by atoms with E-state index in [9.17, 15) is 0 Å². The van der Waals surface area contributed by atoms with Crippen molar-refractivity contribution < 1.29 is 4.84 Å². The summed E-state index contributed by atoms with van der Waals surface area (Å²) in [6, 6.07) is 14.2. The molecule has 3 aliphatic rings. The third kappa shape index (κ3) is 2.23. The SMILES string of the molecule is Clc1cccc(Cl)c1C1=NOC23CCCCCCC2c2ccccc2N13. The van der Waals surface area contributed by atoms with Gasteiger partial charge in [0.2, 0.25) is 5.72 Å². The number of oxime groups is 1. The average molecular weight is 387 g/mol. The van der Waals surface area contributed by atoms with Gasteiger partial charge in [0.05, 0.1) is 21.3 Å². The van der Waals surface area contributed by atoms with Gasteiger partial charge in [-0.1, -0.05) is 71.9 Å². The number of rotatable bonds is 1. The standard InChI is InChI=1S/C21H20Cl2N2O/c22-16-10-7-11-17(23)19(16)20-24-26-21-13-6-2-1-3-9-15(21)14-8-4-5-12-18(14)25(20)21/h4-5,7-8,10-12,15H,1-3,6,9,13H2. The summed E-state index contributed by atoms with van der Waals surface area (Å²) in [6.45, 7) is 0. The van der Waals surface area contributed by atoms with Crippen molar-refractivity contribution in [1.29, 1.82) is 0 Å². The fraction of sp³-hybridized carbons (Fsp3) is 0.381. The highest BCUT2D eigenvalue weighted by Gasteiger charge is 2.59. The van der Waals surface area contributed by atoms with Crippen LogP contribution in [-0.2, 0) is 4.84 Å². The maximum absolute atomic E-state index is 6.51. The lowest BCUT2D eigenvalue weighted by Gasteiger charge is -2.37. The molecule has 5 heteroatoms. The number of nitrogens with zero attached hydrogens (tertiary/aromatic N) is 2. The number of amidine groups is 1. The van der Waals surface area contributed by atoms with E-state index in [1.807, 2.05) is 18.2 Å². The van der Waals surface area contributed by atoms with E-state index in [-0.39, 0.29) is 0 Å². The first-order valence-electron chi connectivity index (χ1n) is 9.32. The van der Waals surface area contributed by atoms with E-state index in [1.165, 1.54) is 30.5 Å². The Balaban J connectivity index is 1.69. The zero-order valence-electron chi connectivity index (χ0n) is 14.4. The molecule has 0 bridgehead atoms. The first-order chi connectivity index (χ1) is 12.7. The van der Waals surface area contributed by atoms with Crippen molar-refractivity contribution in [3.8, 4) is 0 Å². The zero-order chi connectivity index (χ0) is 17.7. The molecule has 2 atom stereocenters. The summed E-state index contributed by atoms with van der Waals surface area (Å²) in [7, 11) is 0. The number of para-hydroxylation sites is 1. The molecule has 2 unspecified atom stereocenters. The molecule has 0 amide bonds. The van der Waals surface area contributed by atoms with Crippen LogP contribution in [0.3, 0.4) is 0 Å². The van der Waals surface area contributed by atoms with Crippen molar-refractivity contribution in [2.45, 2.75) is 50.2 Å². The molecule has 1 aliphatic carbocycles. The Morgan fingerprint density at radius 1 is 0.962 bits per heavy atom. The van der Waals surface area contributed by atoms with Crippen LogP contribution in [0, 0.1) is 0 Å². The molecule has 2 aromatic carbocycles. The van der Waals surface area contributed by atoms with Crippen molar-refractivity contribution >= 4 is 34.7 Å². The Hall–Kier alpha value is -1.71. The second-order valence-corrected chi connectivity index (χ2v) is 8.16. The molecule has 2 aromatic rings. The molecule has 1 spiro atoms. The number of anilines is 1. The molecule has 2 aliphatic heterocycles. The zero-order valence-corrected chi connectivity index (χ0v) is 15.9. The van der Waals surface area contributed by atoms with Gasteiger partial charge in [-0.05, 0) is 36.6 Å². The third-order valence-electron chi connectivity index (χ3n) is 5.94. The van der Waals surface area contributed by atoms with Gasteiger partial charge in [0, 0.05) is 12.3 Å². The minimum Gasteiger partial charge on any atom is -0.364 e. The molecule has 5 rings (SSSR count). The lowest BCUT2D eigenvalue weighted by molar-refractivity contribution is -0.0447. The number of fused-ring (bicyclic) bond motifs is 3. The second kappa shape index (κ2) is 6.17. The lowest BCUT2D eigenvalue weighted by Crippen LogP contribution is -2.49. The Morgan fingerprint density at radius 3 is 2.58 bits per heavy atom. The van der Waals surface area contributed by atoms with Crippen LogP contribution in [0.15, 0.2) is 47.6 Å². The van der Waals surface area contributed by atoms with Crippen LogP contribution in [0.25, 0.3) is 0 Å². The topological polar surface area (TPSA) is 24.8 Å². The second-order valence-electron chi connectivity index (χ2n) is 7.35. The van der Waals surface area contributed by atoms with Crippen molar-refractivity contribution in [2.24, 2.45) is 5.16 Å². The van der Waals surface area contributed by atoms with Crippen molar-refractivity contribution in [3.63, 3.8) is 0 Å². The smallest absolute Gasteiger partial charge is 0.222 e. The molecule has 0 radical (unpaired) electrons. The van der Waals surface area contributed by atoms with Crippen LogP contribution in [-0.4, -0.2) is 11.6 Å². The van der Waals surface area contributed by atoms with Crippen molar-refractivity contribution in [1.82, 2.24) is 0 Å². The molecule has 3 nitrogen and oxygen atoms in total. The van der Waals surface area contributed by atoms with Crippen molar-refractivity contribution in [3.05, 3.63) is 63.6 Å². The highest BCUT2D eigenvalue weighted by Crippen LogP contribution is 2.56. The summed E-state index contributed by atoms with van der Waals surface area (Å²) in [5.41, 5.74) is 2.84. The summed E-state index contributed by atoms with van der Waals surface area (Å²) in [6.07, 6.45) is 6.97. The maximum atomic E-state index is 6.51. The van der Waals surface area contributed by atoms with Gasteiger partial charge in [0.1, 0.15) is 0 Å². The Morgan fingerprint density at radius 2 is 1.73 bits per heavy atom.